The van der Waals surface area contributed by atoms with Crippen molar-refractivity contribution in [2.45, 2.75) is 25.4 Å². The number of nitrogens with zero attached hydrogens (tertiary/aromatic N) is 6. The highest BCUT2D eigenvalue weighted by Crippen LogP contribution is 2.23. The number of hydrogen-bond acceptors (Lipinski definition) is 7. The normalized spacial score (nSPS) is 15.2. The molecule has 0 saturated heterocycles. The van der Waals surface area contributed by atoms with Crippen LogP contribution in [-0.4, -0.2) is 45.2 Å². The fraction of sp³-hybridized carbons (Fsp3) is 0.182. The van der Waals surface area contributed by atoms with Crippen LogP contribution in [0.5, 0.6) is 11.8 Å². The second-order valence-electron chi connectivity index (χ2n) is 7.85. The van der Waals surface area contributed by atoms with E-state index in [0.717, 1.165) is 29.7 Å². The van der Waals surface area contributed by atoms with Crippen molar-refractivity contribution in [3.8, 4) is 11.8 Å². The van der Waals surface area contributed by atoms with Gasteiger partial charge in [-0.25, -0.2) is 9.97 Å². The lowest BCUT2D eigenvalue weighted by molar-refractivity contribution is 0.425. The molecular weight excluding hydrogens is 408 g/mol. The van der Waals surface area contributed by atoms with E-state index in [0.29, 0.717) is 34.8 Å². The molecule has 1 fully saturated rings. The molecule has 0 aromatic carbocycles. The third kappa shape index (κ3) is 3.41. The van der Waals surface area contributed by atoms with E-state index in [1.165, 1.54) is 6.07 Å². The van der Waals surface area contributed by atoms with Crippen molar-refractivity contribution < 1.29 is 10.2 Å². The first-order chi connectivity index (χ1) is 15.6. The van der Waals surface area contributed by atoms with Crippen molar-refractivity contribution in [2.75, 3.05) is 5.32 Å². The molecule has 10 nitrogen and oxygen atoms in total. The number of H-pyrrole nitrogens is 1. The first kappa shape index (κ1) is 18.4. The number of nitrogens with one attached hydrogen (secondary N) is 2. The van der Waals surface area contributed by atoms with Crippen LogP contribution in [0.4, 0.5) is 5.82 Å². The number of imidazole rings is 1. The van der Waals surface area contributed by atoms with Gasteiger partial charge in [-0.2, -0.15) is 9.61 Å². The Morgan fingerprint density at radius 1 is 1.22 bits per heavy atom. The van der Waals surface area contributed by atoms with Crippen molar-refractivity contribution in [2.24, 2.45) is 4.99 Å². The minimum absolute atomic E-state index is 0.114. The molecule has 160 valence electrons. The molecule has 1 saturated carbocycles. The topological polar surface area (TPSA) is 128 Å². The Morgan fingerprint density at radius 3 is 2.91 bits per heavy atom. The average molecular weight is 428 g/mol. The summed E-state index contributed by atoms with van der Waals surface area (Å²) in [6, 6.07) is 9.53. The number of rotatable bonds is 5. The van der Waals surface area contributed by atoms with Crippen LogP contribution in [0.15, 0.2) is 53.9 Å². The molecule has 1 aliphatic carbocycles. The smallest absolute Gasteiger partial charge is 0.198 e. The van der Waals surface area contributed by atoms with Crippen LogP contribution >= 0.6 is 0 Å². The van der Waals surface area contributed by atoms with E-state index in [1.807, 2.05) is 41.1 Å². The van der Waals surface area contributed by atoms with E-state index < -0.39 is 0 Å². The summed E-state index contributed by atoms with van der Waals surface area (Å²) in [5.74, 6) is 0.425. The molecule has 1 aliphatic rings. The molecule has 0 amide bonds. The lowest BCUT2D eigenvalue weighted by Crippen LogP contribution is -2.20. The molecule has 0 spiro atoms. The molecule has 5 heterocycles. The van der Waals surface area contributed by atoms with Crippen molar-refractivity contribution in [1.29, 1.82) is 0 Å². The van der Waals surface area contributed by atoms with Crippen LogP contribution in [0.3, 0.4) is 0 Å². The maximum Gasteiger partial charge on any atom is 0.198 e. The molecule has 6 rings (SSSR count). The first-order valence-electron chi connectivity index (χ1n) is 10.3. The Labute approximate surface area is 181 Å². The third-order valence-electron chi connectivity index (χ3n) is 5.33. The highest BCUT2D eigenvalue weighted by molar-refractivity contribution is 5.62. The second kappa shape index (κ2) is 7.12. The molecule has 0 bridgehead atoms. The fourth-order valence-electron chi connectivity index (χ4n) is 3.62. The maximum atomic E-state index is 9.97. The summed E-state index contributed by atoms with van der Waals surface area (Å²) >= 11 is 0. The maximum absolute atomic E-state index is 9.97. The van der Waals surface area contributed by atoms with Crippen molar-refractivity contribution in [3.63, 3.8) is 0 Å². The van der Waals surface area contributed by atoms with Gasteiger partial charge < -0.3 is 19.9 Å². The molecule has 5 aromatic heterocycles. The molecule has 4 N–H and O–H groups in total. The number of aromatic nitrogens is 6. The zero-order valence-electron chi connectivity index (χ0n) is 17.0. The molecular formula is C22H20N8O2. The van der Waals surface area contributed by atoms with Gasteiger partial charge in [0.25, 0.3) is 0 Å². The Bertz CT molecular complexity index is 1540. The Hall–Kier alpha value is -4.34. The predicted molar refractivity (Wildman–Crippen MR) is 117 cm³/mol. The Balaban J connectivity index is 1.41. The number of hydrogen-bond donors (Lipinski definition) is 4. The van der Waals surface area contributed by atoms with E-state index in [4.69, 9.17) is 9.98 Å². The van der Waals surface area contributed by atoms with Gasteiger partial charge in [-0.15, -0.1) is 0 Å². The Kier molecular flexibility index (Phi) is 4.10. The lowest BCUT2D eigenvalue weighted by Gasteiger charge is -2.05. The summed E-state index contributed by atoms with van der Waals surface area (Å²) in [5, 5.41) is 28.1. The summed E-state index contributed by atoms with van der Waals surface area (Å²) < 4.78 is 3.67. The summed E-state index contributed by atoms with van der Waals surface area (Å²) in [4.78, 5) is 16.6. The molecule has 32 heavy (non-hydrogen) atoms. The van der Waals surface area contributed by atoms with Gasteiger partial charge in [0.2, 0.25) is 0 Å². The molecule has 5 aromatic rings. The van der Waals surface area contributed by atoms with Crippen LogP contribution in [0.25, 0.3) is 17.4 Å². The van der Waals surface area contributed by atoms with Gasteiger partial charge in [0.15, 0.2) is 22.9 Å². The van der Waals surface area contributed by atoms with Crippen LogP contribution in [0, 0.1) is 0 Å². The minimum atomic E-state index is -0.120. The van der Waals surface area contributed by atoms with Gasteiger partial charge in [-0.1, -0.05) is 6.07 Å². The molecule has 0 unspecified atom stereocenters. The zero-order valence-corrected chi connectivity index (χ0v) is 17.0. The van der Waals surface area contributed by atoms with Crippen LogP contribution in [0.1, 0.15) is 24.1 Å². The number of aromatic amines is 1. The van der Waals surface area contributed by atoms with Gasteiger partial charge in [0.1, 0.15) is 11.5 Å². The van der Waals surface area contributed by atoms with Gasteiger partial charge in [0.05, 0.1) is 24.5 Å². The fourth-order valence-corrected chi connectivity index (χ4v) is 3.62. The monoisotopic (exact) mass is 428 g/mol. The largest absolute Gasteiger partial charge is 0.494 e. The summed E-state index contributed by atoms with van der Waals surface area (Å²) in [5.41, 5.74) is 3.55. The standard InChI is InChI=1S/C22H20N8O2/c31-20-8-13(22(32)28-20)7-14-10-24-30-19(25-15-4-5-15)9-17(27-21(14)30)23-11-16-12-29-6-2-1-3-18(29)26-16/h1-3,6-10,12,15,23,28,31-32H,4-5,11H2. The quantitative estimate of drug-likeness (QED) is 0.334. The molecule has 0 radical (unpaired) electrons. The second-order valence-corrected chi connectivity index (χ2v) is 7.85. The third-order valence-corrected chi connectivity index (χ3v) is 5.33. The van der Waals surface area contributed by atoms with Gasteiger partial charge in [0, 0.05) is 35.3 Å². The number of pyridine rings is 1. The van der Waals surface area contributed by atoms with Crippen LogP contribution in [-0.2, 0) is 6.54 Å². The average Bonchev–Trinajstić information content (AvgIpc) is 3.21. The molecule has 0 atom stereocenters. The predicted octanol–water partition coefficient (Wildman–Crippen LogP) is 1.34. The van der Waals surface area contributed by atoms with Crippen LogP contribution in [0.2, 0.25) is 0 Å². The highest BCUT2D eigenvalue weighted by atomic mass is 16.3. The number of anilines is 1. The van der Waals surface area contributed by atoms with E-state index in [-0.39, 0.29) is 11.8 Å². The number of aromatic hydroxyl groups is 2. The molecule has 0 aliphatic heterocycles. The van der Waals surface area contributed by atoms with Gasteiger partial charge >= 0.3 is 0 Å². The van der Waals surface area contributed by atoms with E-state index >= 15 is 0 Å². The SMILES string of the molecule is Oc1cc(C=c2cnn3c(=NC4CC4)cc(NCc4cn5ccccc5n4)nc23)c(O)[nH]1. The van der Waals surface area contributed by atoms with Crippen molar-refractivity contribution in [3.05, 3.63) is 70.9 Å². The van der Waals surface area contributed by atoms with Gasteiger partial charge in [-0.3, -0.25) is 9.98 Å². The molecule has 10 heteroatoms. The summed E-state index contributed by atoms with van der Waals surface area (Å²) in [6.07, 6.45) is 9.48. The zero-order chi connectivity index (χ0) is 21.7. The van der Waals surface area contributed by atoms with Crippen molar-refractivity contribution >= 4 is 23.2 Å². The van der Waals surface area contributed by atoms with Crippen LogP contribution < -0.4 is 16.0 Å². The van der Waals surface area contributed by atoms with Gasteiger partial charge in [-0.05, 0) is 31.1 Å². The van der Waals surface area contributed by atoms with E-state index in [2.05, 4.69) is 20.4 Å². The van der Waals surface area contributed by atoms with E-state index in [9.17, 15) is 10.2 Å². The minimum Gasteiger partial charge on any atom is -0.494 e. The Morgan fingerprint density at radius 2 is 2.12 bits per heavy atom. The van der Waals surface area contributed by atoms with Crippen molar-refractivity contribution in [1.82, 2.24) is 29.0 Å². The summed E-state index contributed by atoms with van der Waals surface area (Å²) in [6.45, 7) is 0.507. The first-order valence-corrected chi connectivity index (χ1v) is 10.3. The number of fused-ring (bicyclic) bond motifs is 2. The van der Waals surface area contributed by atoms with E-state index in [1.54, 1.807) is 16.8 Å². The highest BCUT2D eigenvalue weighted by Gasteiger charge is 2.20. The lowest BCUT2D eigenvalue weighted by atomic mass is 10.2. The summed E-state index contributed by atoms with van der Waals surface area (Å²) in [7, 11) is 0.